The van der Waals surface area contributed by atoms with E-state index in [0.29, 0.717) is 31.3 Å². The van der Waals surface area contributed by atoms with Crippen molar-refractivity contribution in [3.05, 3.63) is 83.9 Å². The van der Waals surface area contributed by atoms with Crippen molar-refractivity contribution in [2.45, 2.75) is 20.0 Å². The highest BCUT2D eigenvalue weighted by molar-refractivity contribution is 14.0. The Kier molecular flexibility index (Phi) is 10.0. The summed E-state index contributed by atoms with van der Waals surface area (Å²) in [4.78, 5) is 8.50. The van der Waals surface area contributed by atoms with Crippen molar-refractivity contribution >= 4 is 29.9 Å². The number of hydrogen-bond acceptors (Lipinski definition) is 4. The van der Waals surface area contributed by atoms with Gasteiger partial charge in [0, 0.05) is 24.8 Å². The number of ether oxygens (including phenoxy) is 2. The number of nitrogens with zero attached hydrogens (tertiary/aromatic N) is 2. The first-order valence-electron chi connectivity index (χ1n) is 9.70. The lowest BCUT2D eigenvalue weighted by Gasteiger charge is -2.13. The zero-order valence-electron chi connectivity index (χ0n) is 17.5. The van der Waals surface area contributed by atoms with E-state index < -0.39 is 5.82 Å². The SMILES string of the molecule is CCNC(=NCc1ccc(Oc2cccnc2)c(F)c1)NCc1ccccc1OC.I. The number of pyridine rings is 1. The van der Waals surface area contributed by atoms with Gasteiger partial charge in [0.25, 0.3) is 0 Å². The fourth-order valence-corrected chi connectivity index (χ4v) is 2.80. The molecule has 0 fully saturated rings. The number of hydrogen-bond donors (Lipinski definition) is 2. The van der Waals surface area contributed by atoms with Gasteiger partial charge in [0.05, 0.1) is 19.9 Å². The number of para-hydroxylation sites is 1. The van der Waals surface area contributed by atoms with Crippen LogP contribution in [0.2, 0.25) is 0 Å². The molecule has 0 bridgehead atoms. The summed E-state index contributed by atoms with van der Waals surface area (Å²) in [6.07, 6.45) is 3.17. The van der Waals surface area contributed by atoms with Crippen molar-refractivity contribution in [2.75, 3.05) is 13.7 Å². The topological polar surface area (TPSA) is 67.8 Å². The third-order valence-electron chi connectivity index (χ3n) is 4.26. The Bertz CT molecular complexity index is 986. The van der Waals surface area contributed by atoms with Crippen LogP contribution < -0.4 is 20.1 Å². The van der Waals surface area contributed by atoms with Crippen LogP contribution in [0.1, 0.15) is 18.1 Å². The highest BCUT2D eigenvalue weighted by atomic mass is 127. The number of aliphatic imine (C=N–C) groups is 1. The van der Waals surface area contributed by atoms with Gasteiger partial charge in [-0.15, -0.1) is 24.0 Å². The molecule has 0 saturated heterocycles. The maximum atomic E-state index is 14.4. The quantitative estimate of drug-likeness (QED) is 0.244. The van der Waals surface area contributed by atoms with Crippen LogP contribution in [0, 0.1) is 5.82 Å². The van der Waals surface area contributed by atoms with Crippen molar-refractivity contribution in [1.82, 2.24) is 15.6 Å². The molecule has 1 aromatic heterocycles. The van der Waals surface area contributed by atoms with Crippen LogP contribution in [0.25, 0.3) is 0 Å². The minimum Gasteiger partial charge on any atom is -0.496 e. The monoisotopic (exact) mass is 536 g/mol. The molecule has 3 rings (SSSR count). The maximum absolute atomic E-state index is 14.4. The van der Waals surface area contributed by atoms with Crippen LogP contribution in [0.3, 0.4) is 0 Å². The van der Waals surface area contributed by atoms with Gasteiger partial charge in [-0.3, -0.25) is 4.98 Å². The predicted molar refractivity (Wildman–Crippen MR) is 131 cm³/mol. The Morgan fingerprint density at radius 3 is 2.61 bits per heavy atom. The molecular formula is C23H26FIN4O2. The standard InChI is InChI=1S/C23H25FN4O2.HI/c1-3-26-23(28-15-18-7-4-5-9-21(18)29-2)27-14-17-10-11-22(20(24)13-17)30-19-8-6-12-25-16-19;/h4-13,16H,3,14-15H2,1-2H3,(H2,26,27,28);1H. The summed E-state index contributed by atoms with van der Waals surface area (Å²) in [6, 6.07) is 16.1. The molecule has 31 heavy (non-hydrogen) atoms. The maximum Gasteiger partial charge on any atom is 0.191 e. The molecule has 0 saturated carbocycles. The number of methoxy groups -OCH3 is 1. The Labute approximate surface area is 198 Å². The van der Waals surface area contributed by atoms with Crippen molar-refractivity contribution in [2.24, 2.45) is 4.99 Å². The van der Waals surface area contributed by atoms with Gasteiger partial charge < -0.3 is 20.1 Å². The summed E-state index contributed by atoms with van der Waals surface area (Å²) < 4.78 is 25.3. The van der Waals surface area contributed by atoms with Crippen LogP contribution in [-0.2, 0) is 13.1 Å². The van der Waals surface area contributed by atoms with Crippen LogP contribution in [0.4, 0.5) is 4.39 Å². The third kappa shape index (κ3) is 7.39. The van der Waals surface area contributed by atoms with Crippen molar-refractivity contribution < 1.29 is 13.9 Å². The molecule has 0 spiro atoms. The minimum absolute atomic E-state index is 0. The molecule has 0 aliphatic carbocycles. The predicted octanol–water partition coefficient (Wildman–Crippen LogP) is 4.89. The molecule has 2 N–H and O–H groups in total. The Balaban J connectivity index is 0.00000341. The highest BCUT2D eigenvalue weighted by Crippen LogP contribution is 2.24. The zero-order valence-corrected chi connectivity index (χ0v) is 19.8. The smallest absolute Gasteiger partial charge is 0.191 e. The molecule has 8 heteroatoms. The number of halogens is 2. The summed E-state index contributed by atoms with van der Waals surface area (Å²) in [5.41, 5.74) is 1.76. The second-order valence-corrected chi connectivity index (χ2v) is 6.42. The molecule has 0 unspecified atom stereocenters. The van der Waals surface area contributed by atoms with Gasteiger partial charge in [0.1, 0.15) is 11.5 Å². The summed E-state index contributed by atoms with van der Waals surface area (Å²) in [7, 11) is 1.65. The van der Waals surface area contributed by atoms with Crippen molar-refractivity contribution in [1.29, 1.82) is 0 Å². The fraction of sp³-hybridized carbons (Fsp3) is 0.217. The number of benzene rings is 2. The number of nitrogens with one attached hydrogen (secondary N) is 2. The molecule has 3 aromatic rings. The lowest BCUT2D eigenvalue weighted by atomic mass is 10.2. The molecular weight excluding hydrogens is 510 g/mol. The van der Waals surface area contributed by atoms with Gasteiger partial charge >= 0.3 is 0 Å². The van der Waals surface area contributed by atoms with Gasteiger partial charge in [-0.05, 0) is 42.8 Å². The van der Waals surface area contributed by atoms with Gasteiger partial charge in [-0.25, -0.2) is 9.38 Å². The van der Waals surface area contributed by atoms with Gasteiger partial charge in [0.15, 0.2) is 17.5 Å². The summed E-state index contributed by atoms with van der Waals surface area (Å²) >= 11 is 0. The summed E-state index contributed by atoms with van der Waals surface area (Å²) in [6.45, 7) is 3.59. The van der Waals surface area contributed by atoms with E-state index in [4.69, 9.17) is 9.47 Å². The van der Waals surface area contributed by atoms with E-state index in [-0.39, 0.29) is 29.7 Å². The normalized spacial score (nSPS) is 10.7. The summed E-state index contributed by atoms with van der Waals surface area (Å²) in [5.74, 6) is 1.64. The molecule has 1 heterocycles. The van der Waals surface area contributed by atoms with E-state index >= 15 is 0 Å². The number of guanidine groups is 1. The molecule has 6 nitrogen and oxygen atoms in total. The number of aromatic nitrogens is 1. The molecule has 0 atom stereocenters. The molecule has 164 valence electrons. The van der Waals surface area contributed by atoms with E-state index in [1.807, 2.05) is 31.2 Å². The van der Waals surface area contributed by atoms with Crippen molar-refractivity contribution in [3.8, 4) is 17.2 Å². The first kappa shape index (κ1) is 24.4. The average molecular weight is 536 g/mol. The largest absolute Gasteiger partial charge is 0.496 e. The average Bonchev–Trinajstić information content (AvgIpc) is 2.78. The zero-order chi connectivity index (χ0) is 21.2. The summed E-state index contributed by atoms with van der Waals surface area (Å²) in [5, 5.41) is 6.47. The van der Waals surface area contributed by atoms with E-state index in [2.05, 4.69) is 20.6 Å². The lowest BCUT2D eigenvalue weighted by Crippen LogP contribution is -2.36. The van der Waals surface area contributed by atoms with Crippen LogP contribution in [0.5, 0.6) is 17.2 Å². The molecule has 0 aliphatic rings. The van der Waals surface area contributed by atoms with E-state index in [9.17, 15) is 4.39 Å². The van der Waals surface area contributed by atoms with Crippen LogP contribution >= 0.6 is 24.0 Å². The van der Waals surface area contributed by atoms with Crippen molar-refractivity contribution in [3.63, 3.8) is 0 Å². The van der Waals surface area contributed by atoms with Crippen LogP contribution in [-0.4, -0.2) is 24.6 Å². The van der Waals surface area contributed by atoms with E-state index in [1.54, 1.807) is 37.6 Å². The Hall–Kier alpha value is -2.88. The first-order valence-corrected chi connectivity index (χ1v) is 9.70. The third-order valence-corrected chi connectivity index (χ3v) is 4.26. The molecule has 2 aromatic carbocycles. The van der Waals surface area contributed by atoms with Gasteiger partial charge in [0.2, 0.25) is 0 Å². The highest BCUT2D eigenvalue weighted by Gasteiger charge is 2.07. The number of rotatable bonds is 8. The Morgan fingerprint density at radius 1 is 1.06 bits per heavy atom. The van der Waals surface area contributed by atoms with Gasteiger partial charge in [-0.2, -0.15) is 0 Å². The minimum atomic E-state index is -0.446. The first-order chi connectivity index (χ1) is 14.7. The molecule has 0 radical (unpaired) electrons. The second kappa shape index (κ2) is 12.7. The van der Waals surface area contributed by atoms with E-state index in [1.165, 1.54) is 12.3 Å². The van der Waals surface area contributed by atoms with Gasteiger partial charge in [-0.1, -0.05) is 24.3 Å². The Morgan fingerprint density at radius 2 is 1.90 bits per heavy atom. The second-order valence-electron chi connectivity index (χ2n) is 6.42. The lowest BCUT2D eigenvalue weighted by molar-refractivity contribution is 0.409. The molecule has 0 aliphatic heterocycles. The molecule has 0 amide bonds. The van der Waals surface area contributed by atoms with E-state index in [0.717, 1.165) is 16.9 Å². The van der Waals surface area contributed by atoms with Crippen LogP contribution in [0.15, 0.2) is 72.0 Å². The fourth-order valence-electron chi connectivity index (χ4n) is 2.80.